The highest BCUT2D eigenvalue weighted by atomic mass is 35.5. The number of hydrogen-bond acceptors (Lipinski definition) is 3. The van der Waals surface area contributed by atoms with Gasteiger partial charge in [0.25, 0.3) is 0 Å². The number of rotatable bonds is 1. The minimum absolute atomic E-state index is 0. The number of H-pyrrole nitrogens is 1. The van der Waals surface area contributed by atoms with Crippen molar-refractivity contribution in [2.45, 2.75) is 13.8 Å². The number of fused-ring (bicyclic) bond motifs is 1. The molecule has 3 rings (SSSR count). The highest BCUT2D eigenvalue weighted by molar-refractivity contribution is 5.85. The molecule has 1 N–H and O–H groups in total. The molecule has 0 bridgehead atoms. The number of aryl methyl sites for hydroxylation is 2. The molecule has 0 saturated carbocycles. The first-order valence-electron chi connectivity index (χ1n) is 5.06. The molecule has 5 nitrogen and oxygen atoms in total. The first-order chi connectivity index (χ1) is 7.74. The van der Waals surface area contributed by atoms with Crippen molar-refractivity contribution in [3.8, 4) is 5.82 Å². The van der Waals surface area contributed by atoms with E-state index in [-0.39, 0.29) is 12.4 Å². The van der Waals surface area contributed by atoms with Crippen LogP contribution in [0.3, 0.4) is 0 Å². The lowest BCUT2D eigenvalue weighted by atomic mass is 10.4. The second-order valence-electron chi connectivity index (χ2n) is 3.87. The van der Waals surface area contributed by atoms with Gasteiger partial charge in [-0.25, -0.2) is 14.6 Å². The number of hydrogen-bond donors (Lipinski definition) is 1. The largest absolute Gasteiger partial charge is 0.354 e. The van der Waals surface area contributed by atoms with E-state index in [1.807, 2.05) is 32.3 Å². The van der Waals surface area contributed by atoms with Gasteiger partial charge in [0.2, 0.25) is 0 Å². The van der Waals surface area contributed by atoms with Crippen molar-refractivity contribution in [3.63, 3.8) is 0 Å². The van der Waals surface area contributed by atoms with E-state index in [0.29, 0.717) is 0 Å². The maximum atomic E-state index is 4.26. The molecule has 0 radical (unpaired) electrons. The predicted octanol–water partition coefficient (Wildman–Crippen LogP) is 2.18. The van der Waals surface area contributed by atoms with Crippen molar-refractivity contribution < 1.29 is 0 Å². The van der Waals surface area contributed by atoms with Crippen LogP contribution in [0.2, 0.25) is 0 Å². The Labute approximate surface area is 104 Å². The summed E-state index contributed by atoms with van der Waals surface area (Å²) in [5, 5.41) is 4.25. The molecule has 3 aromatic rings. The third-order valence-corrected chi connectivity index (χ3v) is 2.46. The Morgan fingerprint density at radius 3 is 2.76 bits per heavy atom. The van der Waals surface area contributed by atoms with Crippen LogP contribution in [0, 0.1) is 13.8 Å². The minimum atomic E-state index is 0. The highest BCUT2D eigenvalue weighted by Gasteiger charge is 2.08. The van der Waals surface area contributed by atoms with Gasteiger partial charge in [0.1, 0.15) is 11.8 Å². The van der Waals surface area contributed by atoms with Gasteiger partial charge >= 0.3 is 0 Å². The summed E-state index contributed by atoms with van der Waals surface area (Å²) in [7, 11) is 0. The first-order valence-corrected chi connectivity index (χ1v) is 5.06. The highest BCUT2D eigenvalue weighted by Crippen LogP contribution is 2.17. The molecular formula is C11H12ClN5. The summed E-state index contributed by atoms with van der Waals surface area (Å²) in [6.07, 6.45) is 5.31. The van der Waals surface area contributed by atoms with Crippen molar-refractivity contribution in [2.24, 2.45) is 0 Å². The molecule has 0 atom stereocenters. The Morgan fingerprint density at radius 1 is 1.24 bits per heavy atom. The van der Waals surface area contributed by atoms with Crippen molar-refractivity contribution in [1.82, 2.24) is 24.7 Å². The number of aromatic amines is 1. The van der Waals surface area contributed by atoms with Gasteiger partial charge < -0.3 is 4.98 Å². The maximum Gasteiger partial charge on any atom is 0.180 e. The van der Waals surface area contributed by atoms with E-state index >= 15 is 0 Å². The second-order valence-corrected chi connectivity index (χ2v) is 3.87. The van der Waals surface area contributed by atoms with E-state index in [4.69, 9.17) is 0 Å². The third-order valence-electron chi connectivity index (χ3n) is 2.46. The summed E-state index contributed by atoms with van der Waals surface area (Å²) in [5.74, 6) is 0.784. The van der Waals surface area contributed by atoms with Crippen molar-refractivity contribution in [1.29, 1.82) is 0 Å². The number of nitrogens with one attached hydrogen (secondary N) is 1. The molecular weight excluding hydrogens is 238 g/mol. The van der Waals surface area contributed by atoms with E-state index in [0.717, 1.165) is 28.1 Å². The molecule has 6 heteroatoms. The van der Waals surface area contributed by atoms with E-state index < -0.39 is 0 Å². The van der Waals surface area contributed by atoms with Crippen molar-refractivity contribution in [3.05, 3.63) is 36.0 Å². The maximum absolute atomic E-state index is 4.26. The molecule has 0 saturated heterocycles. The standard InChI is InChI=1S/C11H11N5.ClH/c1-7-4-14-16(5-7)11-10-9(12-6-13-11)3-8(2)15-10;/h3-6,15H,1-2H3;1H. The van der Waals surface area contributed by atoms with Gasteiger partial charge in [-0.1, -0.05) is 0 Å². The molecule has 3 aromatic heterocycles. The number of nitrogens with zero attached hydrogens (tertiary/aromatic N) is 4. The summed E-state index contributed by atoms with van der Waals surface area (Å²) >= 11 is 0. The van der Waals surface area contributed by atoms with Crippen molar-refractivity contribution in [2.75, 3.05) is 0 Å². The fourth-order valence-corrected chi connectivity index (χ4v) is 1.76. The van der Waals surface area contributed by atoms with E-state index in [1.165, 1.54) is 0 Å². The molecule has 0 spiro atoms. The molecule has 0 aliphatic heterocycles. The minimum Gasteiger partial charge on any atom is -0.354 e. The van der Waals surface area contributed by atoms with Crippen LogP contribution in [0.15, 0.2) is 24.8 Å². The average Bonchev–Trinajstić information content (AvgIpc) is 2.82. The van der Waals surface area contributed by atoms with Gasteiger partial charge in [0, 0.05) is 11.9 Å². The zero-order chi connectivity index (χ0) is 11.1. The Bertz CT molecular complexity index is 655. The quantitative estimate of drug-likeness (QED) is 0.719. The van der Waals surface area contributed by atoms with E-state index in [2.05, 4.69) is 20.1 Å². The van der Waals surface area contributed by atoms with Crippen LogP contribution in [0.25, 0.3) is 16.9 Å². The van der Waals surface area contributed by atoms with Gasteiger partial charge in [-0.15, -0.1) is 12.4 Å². The Balaban J connectivity index is 0.00000108. The van der Waals surface area contributed by atoms with Gasteiger partial charge in [-0.05, 0) is 25.5 Å². The van der Waals surface area contributed by atoms with Gasteiger partial charge in [0.05, 0.1) is 11.7 Å². The zero-order valence-corrected chi connectivity index (χ0v) is 10.3. The molecule has 0 unspecified atom stereocenters. The molecule has 0 aliphatic rings. The predicted molar refractivity (Wildman–Crippen MR) is 67.7 cm³/mol. The summed E-state index contributed by atoms with van der Waals surface area (Å²) in [4.78, 5) is 11.7. The van der Waals surface area contributed by atoms with Crippen LogP contribution in [-0.2, 0) is 0 Å². The molecule has 0 aliphatic carbocycles. The molecule has 0 amide bonds. The van der Waals surface area contributed by atoms with Gasteiger partial charge in [-0.2, -0.15) is 5.10 Å². The monoisotopic (exact) mass is 249 g/mol. The molecule has 3 heterocycles. The summed E-state index contributed by atoms with van der Waals surface area (Å²) in [6.45, 7) is 4.00. The van der Waals surface area contributed by atoms with Crippen LogP contribution in [0.5, 0.6) is 0 Å². The Morgan fingerprint density at radius 2 is 2.06 bits per heavy atom. The smallest absolute Gasteiger partial charge is 0.180 e. The van der Waals surface area contributed by atoms with Crippen LogP contribution in [-0.4, -0.2) is 24.7 Å². The summed E-state index contributed by atoms with van der Waals surface area (Å²) < 4.78 is 1.76. The summed E-state index contributed by atoms with van der Waals surface area (Å²) in [6, 6.07) is 2.00. The van der Waals surface area contributed by atoms with Crippen LogP contribution in [0.4, 0.5) is 0 Å². The number of aromatic nitrogens is 5. The van der Waals surface area contributed by atoms with Crippen LogP contribution < -0.4 is 0 Å². The topological polar surface area (TPSA) is 59.4 Å². The SMILES string of the molecule is Cc1cnn(-c2ncnc3cc(C)[nH]c23)c1.Cl. The lowest BCUT2D eigenvalue weighted by Crippen LogP contribution is -1.99. The fourth-order valence-electron chi connectivity index (χ4n) is 1.76. The molecule has 0 aromatic carbocycles. The third kappa shape index (κ3) is 1.89. The second kappa shape index (κ2) is 4.18. The van der Waals surface area contributed by atoms with Gasteiger partial charge in [-0.3, -0.25) is 0 Å². The molecule has 88 valence electrons. The van der Waals surface area contributed by atoms with Crippen LogP contribution in [0.1, 0.15) is 11.3 Å². The molecule has 0 fully saturated rings. The zero-order valence-electron chi connectivity index (χ0n) is 9.51. The van der Waals surface area contributed by atoms with Crippen molar-refractivity contribution >= 4 is 23.4 Å². The van der Waals surface area contributed by atoms with E-state index in [9.17, 15) is 0 Å². The normalized spacial score (nSPS) is 10.5. The van der Waals surface area contributed by atoms with E-state index in [1.54, 1.807) is 11.0 Å². The average molecular weight is 250 g/mol. The lowest BCUT2D eigenvalue weighted by Gasteiger charge is -2.00. The fraction of sp³-hybridized carbons (Fsp3) is 0.182. The van der Waals surface area contributed by atoms with Crippen LogP contribution >= 0.6 is 12.4 Å². The Kier molecular flexibility index (Phi) is 2.85. The lowest BCUT2D eigenvalue weighted by molar-refractivity contribution is 0.848. The number of halogens is 1. The summed E-state index contributed by atoms with van der Waals surface area (Å²) in [5.41, 5.74) is 4.01. The first kappa shape index (κ1) is 11.6. The molecule has 17 heavy (non-hydrogen) atoms. The Hall–Kier alpha value is -1.88. The van der Waals surface area contributed by atoms with Gasteiger partial charge in [0.15, 0.2) is 5.82 Å².